The molecule has 0 saturated carbocycles. The van der Waals surface area contributed by atoms with Crippen molar-refractivity contribution in [1.29, 1.82) is 0 Å². The maximum absolute atomic E-state index is 3.73. The molecule has 0 aromatic rings. The smallest absolute Gasteiger partial charge is 0.0107 e. The summed E-state index contributed by atoms with van der Waals surface area (Å²) < 4.78 is 0. The van der Waals surface area contributed by atoms with Crippen LogP contribution in [0.5, 0.6) is 0 Å². The van der Waals surface area contributed by atoms with Crippen LogP contribution in [0.2, 0.25) is 0 Å². The van der Waals surface area contributed by atoms with Crippen LogP contribution in [0.3, 0.4) is 0 Å². The van der Waals surface area contributed by atoms with E-state index in [0.29, 0.717) is 0 Å². The van der Waals surface area contributed by atoms with Crippen molar-refractivity contribution in [3.63, 3.8) is 0 Å². The van der Waals surface area contributed by atoms with Crippen LogP contribution in [0, 0.1) is 6.92 Å². The van der Waals surface area contributed by atoms with Gasteiger partial charge in [0.25, 0.3) is 0 Å². The predicted octanol–water partition coefficient (Wildman–Crippen LogP) is 1.73. The van der Waals surface area contributed by atoms with Crippen molar-refractivity contribution in [2.45, 2.75) is 20.8 Å². The van der Waals surface area contributed by atoms with Crippen LogP contribution in [-0.2, 0) is 42.1 Å². The number of nitrogens with zero attached hydrogens (tertiary/aromatic N) is 2. The van der Waals surface area contributed by atoms with Gasteiger partial charge in [0.15, 0.2) is 0 Å². The van der Waals surface area contributed by atoms with Gasteiger partial charge in [-0.25, -0.2) is 0 Å². The molecule has 0 bridgehead atoms. The first kappa shape index (κ1) is 24.5. The molecule has 2 nitrogen and oxygen atoms in total. The summed E-state index contributed by atoms with van der Waals surface area (Å²) in [5.74, 6) is 0. The van der Waals surface area contributed by atoms with Gasteiger partial charge in [-0.15, -0.1) is 6.54 Å². The Morgan fingerprint density at radius 3 is 1.71 bits per heavy atom. The van der Waals surface area contributed by atoms with Crippen molar-refractivity contribution in [3.05, 3.63) is 6.92 Å². The third-order valence-corrected chi connectivity index (χ3v) is 1.66. The minimum atomic E-state index is 0. The molecule has 0 unspecified atom stereocenters. The molecule has 1 fully saturated rings. The Morgan fingerprint density at radius 1 is 1.29 bits per heavy atom. The molecule has 14 heavy (non-hydrogen) atoms. The first-order valence-corrected chi connectivity index (χ1v) is 4.37. The van der Waals surface area contributed by atoms with Gasteiger partial charge in [-0.2, -0.15) is 0 Å². The molecular weight excluding hydrogens is 516 g/mol. The number of likely N-dealkylation sites (N-methyl/N-ethyl adjacent to an activating group) is 1. The van der Waals surface area contributed by atoms with E-state index in [1.807, 2.05) is 0 Å². The zero-order valence-electron chi connectivity index (χ0n) is 8.95. The zero-order chi connectivity index (χ0) is 8.69. The summed E-state index contributed by atoms with van der Waals surface area (Å²) in [4.78, 5) is 4.44. The van der Waals surface area contributed by atoms with Crippen molar-refractivity contribution in [3.8, 4) is 0 Å². The van der Waals surface area contributed by atoms with E-state index in [1.165, 1.54) is 26.1 Å². The molecule has 88 valence electrons. The Labute approximate surface area is 119 Å². The van der Waals surface area contributed by atoms with Gasteiger partial charge < -0.3 is 16.7 Å². The average Bonchev–Trinajstić information content (AvgIpc) is 2.74. The second-order valence-electron chi connectivity index (χ2n) is 3.11. The van der Waals surface area contributed by atoms with E-state index in [4.69, 9.17) is 0 Å². The van der Waals surface area contributed by atoms with Gasteiger partial charge in [0.2, 0.25) is 0 Å². The Morgan fingerprint density at radius 2 is 1.64 bits per heavy atom. The molecule has 1 aliphatic rings. The summed E-state index contributed by atoms with van der Waals surface area (Å²) in [6.07, 6.45) is 1.23. The fourth-order valence-corrected chi connectivity index (χ4v) is 0.594. The summed E-state index contributed by atoms with van der Waals surface area (Å²) in [5, 5.41) is 0. The van der Waals surface area contributed by atoms with Gasteiger partial charge in [-0.05, 0) is 27.1 Å². The molecule has 0 N–H and O–H groups in total. The molecular formula is C10H25N2W2-. The van der Waals surface area contributed by atoms with Crippen LogP contribution in [0.1, 0.15) is 20.8 Å². The van der Waals surface area contributed by atoms with E-state index in [9.17, 15) is 0 Å². The van der Waals surface area contributed by atoms with E-state index >= 15 is 0 Å². The number of hydrogen-bond donors (Lipinski definition) is 0. The molecule has 1 saturated heterocycles. The standard InChI is InChI=1S/C6H14N.C3H7N.CH4.2W/c1-4-6-7(3)5-2;1-4-2-3-4;;;/h2,4-6H2,1,3H3;2-3H2,1H3;1H4;;/q-1;;;;. The third kappa shape index (κ3) is 23.3. The molecule has 0 radical (unpaired) electrons. The van der Waals surface area contributed by atoms with Crippen molar-refractivity contribution >= 4 is 0 Å². The average molecular weight is 541 g/mol. The molecule has 0 aliphatic carbocycles. The van der Waals surface area contributed by atoms with E-state index in [0.717, 1.165) is 6.54 Å². The zero-order valence-corrected chi connectivity index (χ0v) is 14.8. The molecule has 1 heterocycles. The Kier molecular flexibility index (Phi) is 29.3. The maximum atomic E-state index is 3.73. The monoisotopic (exact) mass is 541 g/mol. The minimum absolute atomic E-state index is 0. The minimum Gasteiger partial charge on any atom is -0.336 e. The Hall–Kier alpha value is 1.30. The van der Waals surface area contributed by atoms with Crippen LogP contribution in [0.4, 0.5) is 0 Å². The van der Waals surface area contributed by atoms with Gasteiger partial charge in [0.1, 0.15) is 0 Å². The van der Waals surface area contributed by atoms with Gasteiger partial charge in [0.05, 0.1) is 0 Å². The van der Waals surface area contributed by atoms with E-state index in [-0.39, 0.29) is 49.6 Å². The first-order chi connectivity index (χ1) is 5.20. The van der Waals surface area contributed by atoms with Crippen LogP contribution in [0.15, 0.2) is 0 Å². The fourth-order valence-electron chi connectivity index (χ4n) is 0.594. The van der Waals surface area contributed by atoms with E-state index < -0.39 is 0 Å². The van der Waals surface area contributed by atoms with Gasteiger partial charge in [0, 0.05) is 55.2 Å². The molecule has 0 aromatic carbocycles. The topological polar surface area (TPSA) is 6.25 Å². The molecule has 0 aromatic heterocycles. The fraction of sp³-hybridized carbons (Fsp3) is 0.900. The maximum Gasteiger partial charge on any atom is 0.0107 e. The number of rotatable bonds is 3. The summed E-state index contributed by atoms with van der Waals surface area (Å²) in [5.41, 5.74) is 0. The molecule has 1 aliphatic heterocycles. The SMILES string of the molecule is C.CN1CC1.[CH2-]CN(C)CCC.[W].[W]. The van der Waals surface area contributed by atoms with Crippen molar-refractivity contribution in [1.82, 2.24) is 9.80 Å². The summed E-state index contributed by atoms with van der Waals surface area (Å²) in [6.45, 7) is 10.6. The Balaban J connectivity index is -0.0000000629. The first-order valence-electron chi connectivity index (χ1n) is 4.37. The predicted molar refractivity (Wildman–Crippen MR) is 57.4 cm³/mol. The second-order valence-corrected chi connectivity index (χ2v) is 3.11. The molecule has 0 atom stereocenters. The Bertz CT molecular complexity index is 88.2. The van der Waals surface area contributed by atoms with Crippen LogP contribution >= 0.6 is 0 Å². The molecule has 0 spiro atoms. The van der Waals surface area contributed by atoms with Gasteiger partial charge in [-0.3, -0.25) is 0 Å². The van der Waals surface area contributed by atoms with Gasteiger partial charge >= 0.3 is 0 Å². The largest absolute Gasteiger partial charge is 0.336 e. The van der Waals surface area contributed by atoms with Crippen molar-refractivity contribution in [2.24, 2.45) is 0 Å². The summed E-state index contributed by atoms with van der Waals surface area (Å²) in [6, 6.07) is 0. The van der Waals surface area contributed by atoms with E-state index in [2.05, 4.69) is 37.7 Å². The second kappa shape index (κ2) is 16.7. The van der Waals surface area contributed by atoms with Gasteiger partial charge in [-0.1, -0.05) is 14.4 Å². The van der Waals surface area contributed by atoms with Crippen molar-refractivity contribution in [2.75, 3.05) is 40.3 Å². The van der Waals surface area contributed by atoms with Crippen molar-refractivity contribution < 1.29 is 42.1 Å². The summed E-state index contributed by atoms with van der Waals surface area (Å²) in [7, 11) is 4.19. The van der Waals surface area contributed by atoms with Crippen LogP contribution < -0.4 is 0 Å². The van der Waals surface area contributed by atoms with Crippen LogP contribution in [-0.4, -0.2) is 50.1 Å². The molecule has 4 heteroatoms. The normalized spacial score (nSPS) is 12.6. The number of hydrogen-bond acceptors (Lipinski definition) is 2. The van der Waals surface area contributed by atoms with E-state index in [1.54, 1.807) is 0 Å². The third-order valence-electron chi connectivity index (χ3n) is 1.66. The quantitative estimate of drug-likeness (QED) is 0.397. The summed E-state index contributed by atoms with van der Waals surface area (Å²) >= 11 is 0. The molecule has 1 rings (SSSR count). The van der Waals surface area contributed by atoms with Crippen LogP contribution in [0.25, 0.3) is 0 Å². The molecule has 0 amide bonds.